The molecule has 0 spiro atoms. The van der Waals surface area contributed by atoms with E-state index in [1.54, 1.807) is 0 Å². The Labute approximate surface area is 111 Å². The van der Waals surface area contributed by atoms with Crippen molar-refractivity contribution in [2.24, 2.45) is 0 Å². The largest absolute Gasteiger partial charge is 0.478 e. The van der Waals surface area contributed by atoms with Crippen LogP contribution in [0.1, 0.15) is 16.8 Å². The minimum atomic E-state index is -0.428. The van der Waals surface area contributed by atoms with Crippen molar-refractivity contribution < 1.29 is 9.53 Å². The fourth-order valence-electron chi connectivity index (χ4n) is 1.34. The van der Waals surface area contributed by atoms with E-state index in [-0.39, 0.29) is 11.4 Å². The number of nitrogens with zero attached hydrogens (tertiary/aromatic N) is 1. The molecule has 1 amide bonds. The summed E-state index contributed by atoms with van der Waals surface area (Å²) in [7, 11) is 0. The highest BCUT2D eigenvalue weighted by Gasteiger charge is 2.21. The molecule has 0 aliphatic carbocycles. The van der Waals surface area contributed by atoms with Crippen LogP contribution in [0.4, 0.5) is 0 Å². The van der Waals surface area contributed by atoms with Crippen LogP contribution in [-0.2, 0) is 4.74 Å². The second kappa shape index (κ2) is 4.96. The van der Waals surface area contributed by atoms with Crippen molar-refractivity contribution in [2.75, 3.05) is 6.61 Å². The van der Waals surface area contributed by atoms with Crippen LogP contribution < -0.4 is 5.32 Å². The van der Waals surface area contributed by atoms with Gasteiger partial charge in [0, 0.05) is 6.42 Å². The number of ether oxygens (including phenoxy) is 1. The average molecular weight is 289 g/mol. The van der Waals surface area contributed by atoms with Crippen LogP contribution in [0, 0.1) is 11.3 Å². The zero-order valence-corrected chi connectivity index (χ0v) is 10.7. The minimum Gasteiger partial charge on any atom is -0.478 e. The van der Waals surface area contributed by atoms with Gasteiger partial charge >= 0.3 is 0 Å². The summed E-state index contributed by atoms with van der Waals surface area (Å²) in [6, 6.07) is 3.45. The van der Waals surface area contributed by atoms with Gasteiger partial charge in [-0.05, 0) is 6.07 Å². The fourth-order valence-corrected chi connectivity index (χ4v) is 2.80. The van der Waals surface area contributed by atoms with Gasteiger partial charge < -0.3 is 4.74 Å². The predicted molar refractivity (Wildman–Crippen MR) is 65.0 cm³/mol. The summed E-state index contributed by atoms with van der Waals surface area (Å²) in [5, 5.41) is 11.3. The van der Waals surface area contributed by atoms with Crippen LogP contribution in [0.2, 0.25) is 8.67 Å². The second-order valence-electron chi connectivity index (χ2n) is 3.21. The molecule has 2 heterocycles. The number of halogens is 2. The van der Waals surface area contributed by atoms with Crippen LogP contribution in [0.5, 0.6) is 0 Å². The Morgan fingerprint density at radius 2 is 2.35 bits per heavy atom. The predicted octanol–water partition coefficient (Wildman–Crippen LogP) is 2.94. The Kier molecular flexibility index (Phi) is 3.57. The van der Waals surface area contributed by atoms with E-state index < -0.39 is 5.91 Å². The van der Waals surface area contributed by atoms with E-state index >= 15 is 0 Å². The van der Waals surface area contributed by atoms with Crippen molar-refractivity contribution in [3.8, 4) is 6.07 Å². The number of thiophene rings is 1. The lowest BCUT2D eigenvalue weighted by Crippen LogP contribution is -2.23. The Bertz CT molecular complexity index is 545. The van der Waals surface area contributed by atoms with E-state index in [4.69, 9.17) is 33.2 Å². The maximum absolute atomic E-state index is 11.8. The zero-order chi connectivity index (χ0) is 12.4. The first-order chi connectivity index (χ1) is 8.11. The highest BCUT2D eigenvalue weighted by atomic mass is 35.5. The van der Waals surface area contributed by atoms with Gasteiger partial charge in [0.05, 0.1) is 22.1 Å². The molecule has 1 aromatic heterocycles. The van der Waals surface area contributed by atoms with Crippen molar-refractivity contribution in [1.82, 2.24) is 5.32 Å². The molecule has 1 aliphatic rings. The molecule has 0 aromatic carbocycles. The minimum absolute atomic E-state index is 0.205. The van der Waals surface area contributed by atoms with Crippen LogP contribution in [0.25, 0.3) is 0 Å². The SMILES string of the molecule is N#CC1=C(NC(=O)c2cc(Cl)sc2Cl)OCC1. The highest BCUT2D eigenvalue weighted by Crippen LogP contribution is 2.31. The summed E-state index contributed by atoms with van der Waals surface area (Å²) in [5.41, 5.74) is 0.706. The third kappa shape index (κ3) is 2.55. The van der Waals surface area contributed by atoms with Gasteiger partial charge in [0.1, 0.15) is 10.4 Å². The molecule has 1 aromatic rings. The number of hydrogen-bond acceptors (Lipinski definition) is 4. The number of rotatable bonds is 2. The van der Waals surface area contributed by atoms with Crippen LogP contribution in [-0.4, -0.2) is 12.5 Å². The first-order valence-electron chi connectivity index (χ1n) is 4.64. The fraction of sp³-hybridized carbons (Fsp3) is 0.200. The molecule has 0 atom stereocenters. The summed E-state index contributed by atoms with van der Waals surface area (Å²) < 4.78 is 5.89. The van der Waals surface area contributed by atoms with E-state index in [9.17, 15) is 4.79 Å². The molecule has 17 heavy (non-hydrogen) atoms. The molecule has 88 valence electrons. The van der Waals surface area contributed by atoms with Crippen molar-refractivity contribution in [1.29, 1.82) is 5.26 Å². The average Bonchev–Trinajstić information content (AvgIpc) is 2.84. The lowest BCUT2D eigenvalue weighted by Gasteiger charge is -2.05. The molecule has 0 bridgehead atoms. The summed E-state index contributed by atoms with van der Waals surface area (Å²) in [6.07, 6.45) is 0.504. The second-order valence-corrected chi connectivity index (χ2v) is 5.50. The third-order valence-corrected chi connectivity index (χ3v) is 3.62. The molecule has 1 aliphatic heterocycles. The van der Waals surface area contributed by atoms with Gasteiger partial charge in [-0.15, -0.1) is 11.3 Å². The molecule has 7 heteroatoms. The van der Waals surface area contributed by atoms with E-state index in [2.05, 4.69) is 5.32 Å². The van der Waals surface area contributed by atoms with E-state index in [0.29, 0.717) is 27.3 Å². The molecule has 0 unspecified atom stereocenters. The molecule has 0 radical (unpaired) electrons. The normalized spacial score (nSPS) is 14.4. The highest BCUT2D eigenvalue weighted by molar-refractivity contribution is 7.20. The molecular formula is C10H6Cl2N2O2S. The van der Waals surface area contributed by atoms with Gasteiger partial charge in [-0.25, -0.2) is 0 Å². The van der Waals surface area contributed by atoms with E-state index in [1.807, 2.05) is 6.07 Å². The first-order valence-corrected chi connectivity index (χ1v) is 6.21. The lowest BCUT2D eigenvalue weighted by atomic mass is 10.2. The van der Waals surface area contributed by atoms with Gasteiger partial charge in [-0.1, -0.05) is 23.2 Å². The Hall–Kier alpha value is -1.22. The van der Waals surface area contributed by atoms with Crippen LogP contribution in [0.15, 0.2) is 17.5 Å². The van der Waals surface area contributed by atoms with Gasteiger partial charge in [0.2, 0.25) is 5.88 Å². The number of carbonyl (C=O) groups is 1. The number of nitrogens with one attached hydrogen (secondary N) is 1. The Balaban J connectivity index is 2.18. The summed E-state index contributed by atoms with van der Waals surface area (Å²) in [4.78, 5) is 11.8. The lowest BCUT2D eigenvalue weighted by molar-refractivity contribution is 0.0931. The van der Waals surface area contributed by atoms with E-state index in [1.165, 1.54) is 6.07 Å². The van der Waals surface area contributed by atoms with Crippen LogP contribution in [0.3, 0.4) is 0 Å². The topological polar surface area (TPSA) is 62.1 Å². The Morgan fingerprint density at radius 3 is 2.94 bits per heavy atom. The maximum atomic E-state index is 11.8. The maximum Gasteiger partial charge on any atom is 0.260 e. The molecule has 4 nitrogen and oxygen atoms in total. The molecule has 0 saturated carbocycles. The summed E-state index contributed by atoms with van der Waals surface area (Å²) >= 11 is 12.7. The van der Waals surface area contributed by atoms with Gasteiger partial charge in [0.15, 0.2) is 0 Å². The monoisotopic (exact) mass is 288 g/mol. The van der Waals surface area contributed by atoms with Crippen molar-refractivity contribution in [3.05, 3.63) is 31.8 Å². The smallest absolute Gasteiger partial charge is 0.260 e. The third-order valence-electron chi connectivity index (χ3n) is 2.14. The number of amides is 1. The number of carbonyl (C=O) groups excluding carboxylic acids is 1. The summed E-state index contributed by atoms with van der Waals surface area (Å²) in [6.45, 7) is 0.399. The van der Waals surface area contributed by atoms with Crippen molar-refractivity contribution in [2.45, 2.75) is 6.42 Å². The summed E-state index contributed by atoms with van der Waals surface area (Å²) in [5.74, 6) is -0.223. The standard InChI is InChI=1S/C10H6Cl2N2O2S/c11-7-3-6(8(12)17-7)9(15)14-10-5(4-13)1-2-16-10/h3H,1-2H2,(H,14,15). The van der Waals surface area contributed by atoms with Gasteiger partial charge in [0.25, 0.3) is 5.91 Å². The number of hydrogen-bond donors (Lipinski definition) is 1. The molecule has 2 rings (SSSR count). The molecule has 1 N–H and O–H groups in total. The van der Waals surface area contributed by atoms with Crippen LogP contribution >= 0.6 is 34.5 Å². The molecule has 0 fully saturated rings. The van der Waals surface area contributed by atoms with Gasteiger partial charge in [-0.2, -0.15) is 5.26 Å². The van der Waals surface area contributed by atoms with Crippen molar-refractivity contribution >= 4 is 40.4 Å². The Morgan fingerprint density at radius 1 is 1.59 bits per heavy atom. The van der Waals surface area contributed by atoms with Gasteiger partial charge in [-0.3, -0.25) is 10.1 Å². The van der Waals surface area contributed by atoms with Crippen molar-refractivity contribution in [3.63, 3.8) is 0 Å². The quantitative estimate of drug-likeness (QED) is 0.910. The molecular weight excluding hydrogens is 283 g/mol. The zero-order valence-electron chi connectivity index (χ0n) is 8.42. The first kappa shape index (κ1) is 12.2. The number of nitriles is 1. The van der Waals surface area contributed by atoms with E-state index in [0.717, 1.165) is 11.3 Å². The molecule has 0 saturated heterocycles.